The molecule has 12 heavy (non-hydrogen) atoms. The van der Waals surface area contributed by atoms with Crippen LogP contribution in [0.2, 0.25) is 0 Å². The van der Waals surface area contributed by atoms with E-state index < -0.39 is 23.1 Å². The third-order valence-electron chi connectivity index (χ3n) is 0.946. The summed E-state index contributed by atoms with van der Waals surface area (Å²) < 4.78 is 69.9. The van der Waals surface area contributed by atoms with Gasteiger partial charge in [-0.3, -0.25) is 0 Å². The highest BCUT2D eigenvalue weighted by Crippen LogP contribution is 2.42. The summed E-state index contributed by atoms with van der Waals surface area (Å²) in [5.41, 5.74) is -2.96. The van der Waals surface area contributed by atoms with Gasteiger partial charge in [0.1, 0.15) is 0 Å². The summed E-state index contributed by atoms with van der Waals surface area (Å²) in [4.78, 5) is 0. The second kappa shape index (κ2) is 3.49. The van der Waals surface area contributed by atoms with E-state index >= 15 is 0 Å². The molecule has 0 saturated heterocycles. The lowest BCUT2D eigenvalue weighted by molar-refractivity contribution is -0.284. The SMILES string of the molecule is FC(Cl)C(Cl)C(F)(F)C(F)(F)F. The maximum absolute atomic E-state index is 12.0. The fourth-order valence-electron chi connectivity index (χ4n) is 0.315. The predicted molar refractivity (Wildman–Crippen MR) is 31.4 cm³/mol. The summed E-state index contributed by atoms with van der Waals surface area (Å²) in [5.74, 6) is -5.32. The first-order valence-corrected chi connectivity index (χ1v) is 3.34. The van der Waals surface area contributed by atoms with Crippen molar-refractivity contribution in [2.75, 3.05) is 0 Å². The smallest absolute Gasteiger partial charge is 0.228 e. The van der Waals surface area contributed by atoms with Gasteiger partial charge in [0.05, 0.1) is 0 Å². The zero-order chi connectivity index (χ0) is 10.2. The molecule has 0 bridgehead atoms. The number of rotatable bonds is 2. The molecule has 0 aliphatic heterocycles. The molecular weight excluding hydrogens is 233 g/mol. The molecule has 0 heterocycles. The van der Waals surface area contributed by atoms with E-state index in [9.17, 15) is 26.3 Å². The average Bonchev–Trinajstić information content (AvgIpc) is 1.83. The zero-order valence-electron chi connectivity index (χ0n) is 5.18. The van der Waals surface area contributed by atoms with Crippen LogP contribution in [0.15, 0.2) is 0 Å². The minimum absolute atomic E-state index is 2.96. The van der Waals surface area contributed by atoms with Gasteiger partial charge in [-0.2, -0.15) is 22.0 Å². The van der Waals surface area contributed by atoms with Gasteiger partial charge in [-0.25, -0.2) is 4.39 Å². The van der Waals surface area contributed by atoms with E-state index in [1.165, 1.54) is 0 Å². The molecule has 0 rings (SSSR count). The molecule has 0 saturated carbocycles. The van der Waals surface area contributed by atoms with Gasteiger partial charge in [-0.15, -0.1) is 11.6 Å². The number of alkyl halides is 8. The third kappa shape index (κ3) is 2.32. The Balaban J connectivity index is 4.61. The van der Waals surface area contributed by atoms with Gasteiger partial charge in [-0.1, -0.05) is 11.6 Å². The maximum atomic E-state index is 12.0. The Kier molecular flexibility index (Phi) is 3.54. The van der Waals surface area contributed by atoms with Crippen molar-refractivity contribution >= 4 is 23.2 Å². The molecule has 0 fully saturated rings. The van der Waals surface area contributed by atoms with E-state index in [2.05, 4.69) is 23.2 Å². The van der Waals surface area contributed by atoms with E-state index in [0.717, 1.165) is 0 Å². The highest BCUT2D eigenvalue weighted by atomic mass is 35.5. The molecule has 0 aliphatic carbocycles. The molecule has 0 amide bonds. The van der Waals surface area contributed by atoms with Gasteiger partial charge in [0, 0.05) is 0 Å². The molecule has 0 aliphatic rings. The molecule has 8 heteroatoms. The number of hydrogen-bond acceptors (Lipinski definition) is 0. The van der Waals surface area contributed by atoms with E-state index in [-0.39, 0.29) is 0 Å². The molecule has 0 radical (unpaired) electrons. The Hall–Kier alpha value is 0.160. The first-order valence-electron chi connectivity index (χ1n) is 2.47. The normalized spacial score (nSPS) is 19.0. The molecule has 0 spiro atoms. The molecule has 2 atom stereocenters. The summed E-state index contributed by atoms with van der Waals surface area (Å²) in [6.45, 7) is 0. The van der Waals surface area contributed by atoms with Crippen LogP contribution in [-0.4, -0.2) is 23.1 Å². The molecule has 0 aromatic rings. The lowest BCUT2D eigenvalue weighted by Gasteiger charge is -2.23. The molecule has 0 aromatic carbocycles. The molecular formula is C4H2Cl2F6. The highest BCUT2D eigenvalue weighted by Gasteiger charge is 2.64. The van der Waals surface area contributed by atoms with Crippen LogP contribution in [0.25, 0.3) is 0 Å². The van der Waals surface area contributed by atoms with Crippen molar-refractivity contribution in [3.63, 3.8) is 0 Å². The van der Waals surface area contributed by atoms with Gasteiger partial charge >= 0.3 is 12.1 Å². The van der Waals surface area contributed by atoms with Gasteiger partial charge in [0.15, 0.2) is 11.0 Å². The molecule has 2 unspecified atom stereocenters. The van der Waals surface area contributed by atoms with Crippen LogP contribution in [-0.2, 0) is 0 Å². The second-order valence-electron chi connectivity index (χ2n) is 1.86. The summed E-state index contributed by atoms with van der Waals surface area (Å²) in [6.07, 6.45) is -5.89. The summed E-state index contributed by atoms with van der Waals surface area (Å²) in [6, 6.07) is 0. The fraction of sp³-hybridized carbons (Fsp3) is 1.00. The molecule has 0 nitrogen and oxygen atoms in total. The number of hydrogen-bond donors (Lipinski definition) is 0. The Morgan fingerprint density at radius 2 is 1.25 bits per heavy atom. The minimum Gasteiger partial charge on any atom is -0.228 e. The van der Waals surface area contributed by atoms with Crippen LogP contribution in [0.3, 0.4) is 0 Å². The topological polar surface area (TPSA) is 0 Å². The maximum Gasteiger partial charge on any atom is 0.455 e. The summed E-state index contributed by atoms with van der Waals surface area (Å²) in [5, 5.41) is -3.11. The summed E-state index contributed by atoms with van der Waals surface area (Å²) in [7, 11) is 0. The molecule has 74 valence electrons. The van der Waals surface area contributed by atoms with Crippen LogP contribution >= 0.6 is 23.2 Å². The van der Waals surface area contributed by atoms with Crippen molar-refractivity contribution in [3.05, 3.63) is 0 Å². The van der Waals surface area contributed by atoms with E-state index in [1.807, 2.05) is 0 Å². The molecule has 0 aromatic heterocycles. The fourth-order valence-corrected chi connectivity index (χ4v) is 0.597. The Bertz CT molecular complexity index is 152. The third-order valence-corrected chi connectivity index (χ3v) is 1.82. The van der Waals surface area contributed by atoms with Crippen molar-refractivity contribution in [2.24, 2.45) is 0 Å². The van der Waals surface area contributed by atoms with Crippen molar-refractivity contribution in [3.8, 4) is 0 Å². The van der Waals surface area contributed by atoms with Crippen LogP contribution in [0.4, 0.5) is 26.3 Å². The molecule has 0 N–H and O–H groups in total. The lowest BCUT2D eigenvalue weighted by atomic mass is 10.2. The van der Waals surface area contributed by atoms with Crippen LogP contribution in [0.5, 0.6) is 0 Å². The average molecular weight is 235 g/mol. The number of halogens is 8. The van der Waals surface area contributed by atoms with Crippen LogP contribution < -0.4 is 0 Å². The Morgan fingerprint density at radius 3 is 1.33 bits per heavy atom. The second-order valence-corrected chi connectivity index (χ2v) is 2.74. The van der Waals surface area contributed by atoms with Crippen molar-refractivity contribution < 1.29 is 26.3 Å². The Labute approximate surface area is 73.4 Å². The van der Waals surface area contributed by atoms with Crippen molar-refractivity contribution in [2.45, 2.75) is 23.1 Å². The quantitative estimate of drug-likeness (QED) is 0.508. The standard InChI is InChI=1S/C4H2Cl2F6/c5-1(2(6)7)3(8,9)4(10,11)12/h1-2H. The van der Waals surface area contributed by atoms with Crippen LogP contribution in [0.1, 0.15) is 0 Å². The van der Waals surface area contributed by atoms with Crippen molar-refractivity contribution in [1.29, 1.82) is 0 Å². The lowest BCUT2D eigenvalue weighted by Crippen LogP contribution is -2.47. The van der Waals surface area contributed by atoms with Gasteiger partial charge in [-0.05, 0) is 0 Å². The van der Waals surface area contributed by atoms with Gasteiger partial charge in [0.25, 0.3) is 0 Å². The predicted octanol–water partition coefficient (Wildman–Crippen LogP) is 3.33. The Morgan fingerprint density at radius 1 is 0.917 bits per heavy atom. The first kappa shape index (κ1) is 12.2. The van der Waals surface area contributed by atoms with E-state index in [0.29, 0.717) is 0 Å². The van der Waals surface area contributed by atoms with Gasteiger partial charge in [0.2, 0.25) is 0 Å². The van der Waals surface area contributed by atoms with Crippen LogP contribution in [0, 0.1) is 0 Å². The largest absolute Gasteiger partial charge is 0.455 e. The highest BCUT2D eigenvalue weighted by molar-refractivity contribution is 6.29. The first-order chi connectivity index (χ1) is 5.10. The summed E-state index contributed by atoms with van der Waals surface area (Å²) >= 11 is 8.76. The zero-order valence-corrected chi connectivity index (χ0v) is 6.69. The van der Waals surface area contributed by atoms with Gasteiger partial charge < -0.3 is 0 Å². The monoisotopic (exact) mass is 234 g/mol. The van der Waals surface area contributed by atoms with E-state index in [1.54, 1.807) is 0 Å². The van der Waals surface area contributed by atoms with Crippen molar-refractivity contribution in [1.82, 2.24) is 0 Å². The van der Waals surface area contributed by atoms with E-state index in [4.69, 9.17) is 0 Å². The minimum atomic E-state index is -5.89.